The van der Waals surface area contributed by atoms with Crippen LogP contribution in [0, 0.1) is 12.7 Å². The van der Waals surface area contributed by atoms with Crippen LogP contribution < -0.4 is 15.8 Å². The number of nitrogens with one attached hydrogen (secondary N) is 1. The van der Waals surface area contributed by atoms with Gasteiger partial charge in [-0.25, -0.2) is 13.8 Å². The van der Waals surface area contributed by atoms with Gasteiger partial charge in [-0.05, 0) is 25.1 Å². The Bertz CT molecular complexity index is 1110. The third-order valence-electron chi connectivity index (χ3n) is 4.27. The van der Waals surface area contributed by atoms with Crippen LogP contribution in [0.15, 0.2) is 46.1 Å². The van der Waals surface area contributed by atoms with E-state index in [0.29, 0.717) is 5.56 Å². The Hall–Kier alpha value is -2.52. The number of nitrogens with zero attached hydrogens (tertiary/aromatic N) is 1. The van der Waals surface area contributed by atoms with Crippen molar-refractivity contribution in [1.82, 2.24) is 9.55 Å². The summed E-state index contributed by atoms with van der Waals surface area (Å²) in [6, 6.07) is 4.16. The molecule has 3 heterocycles. The van der Waals surface area contributed by atoms with Gasteiger partial charge in [0.1, 0.15) is 17.7 Å². The zero-order valence-electron chi connectivity index (χ0n) is 14.7. The van der Waals surface area contributed by atoms with Crippen molar-refractivity contribution >= 4 is 7.82 Å². The molecule has 0 radical (unpaired) electrons. The Morgan fingerprint density at radius 1 is 1.36 bits per heavy atom. The summed E-state index contributed by atoms with van der Waals surface area (Å²) in [5.41, 5.74) is -0.556. The average molecular weight is 410 g/mol. The fourth-order valence-corrected chi connectivity index (χ4v) is 4.01. The van der Waals surface area contributed by atoms with Gasteiger partial charge in [0.15, 0.2) is 6.23 Å². The lowest BCUT2D eigenvalue weighted by Gasteiger charge is -2.25. The molecule has 0 spiro atoms. The molecule has 4 rings (SSSR count). The second-order valence-corrected chi connectivity index (χ2v) is 7.85. The van der Waals surface area contributed by atoms with Gasteiger partial charge in [-0.3, -0.25) is 23.4 Å². The van der Waals surface area contributed by atoms with Gasteiger partial charge in [-0.2, -0.15) is 0 Å². The van der Waals surface area contributed by atoms with E-state index >= 15 is 0 Å². The molecule has 1 unspecified atom stereocenters. The van der Waals surface area contributed by atoms with Crippen molar-refractivity contribution in [3.05, 3.63) is 74.3 Å². The summed E-state index contributed by atoms with van der Waals surface area (Å²) >= 11 is 0. The van der Waals surface area contributed by atoms with Gasteiger partial charge in [-0.1, -0.05) is 12.1 Å². The topological polar surface area (TPSA) is 109 Å². The molecule has 28 heavy (non-hydrogen) atoms. The zero-order chi connectivity index (χ0) is 19.9. The number of phosphoric ester groups is 1. The second kappa shape index (κ2) is 7.14. The zero-order valence-corrected chi connectivity index (χ0v) is 15.6. The van der Waals surface area contributed by atoms with Crippen LogP contribution in [-0.2, 0) is 25.0 Å². The first-order chi connectivity index (χ1) is 13.3. The van der Waals surface area contributed by atoms with Crippen LogP contribution in [0.2, 0.25) is 0 Å². The summed E-state index contributed by atoms with van der Waals surface area (Å²) in [6.07, 6.45) is 3.24. The second-order valence-electron chi connectivity index (χ2n) is 6.25. The molecule has 0 saturated heterocycles. The lowest BCUT2D eigenvalue weighted by atomic mass is 10.2. The highest BCUT2D eigenvalue weighted by molar-refractivity contribution is 7.49. The molecule has 0 amide bonds. The monoisotopic (exact) mass is 410 g/mol. The third kappa shape index (κ3) is 3.59. The minimum atomic E-state index is -3.93. The molecular weight excluding hydrogens is 394 g/mol. The maximum Gasteiger partial charge on any atom is 0.530 e. The van der Waals surface area contributed by atoms with Gasteiger partial charge in [0.25, 0.3) is 5.56 Å². The highest BCUT2D eigenvalue weighted by atomic mass is 31.2. The number of hydrogen-bond donors (Lipinski definition) is 1. The minimum absolute atomic E-state index is 0.102. The molecule has 2 aliphatic heterocycles. The van der Waals surface area contributed by atoms with Gasteiger partial charge < -0.3 is 9.26 Å². The summed E-state index contributed by atoms with van der Waals surface area (Å²) in [6.45, 7) is 1.15. The van der Waals surface area contributed by atoms with Crippen LogP contribution in [0.5, 0.6) is 5.75 Å². The number of benzene rings is 1. The first-order valence-corrected chi connectivity index (χ1v) is 9.83. The van der Waals surface area contributed by atoms with E-state index in [4.69, 9.17) is 18.3 Å². The molecule has 1 aromatic carbocycles. The average Bonchev–Trinajstić information content (AvgIpc) is 3.12. The van der Waals surface area contributed by atoms with E-state index in [9.17, 15) is 18.5 Å². The summed E-state index contributed by atoms with van der Waals surface area (Å²) in [4.78, 5) is 25.6. The number of hydrogen-bond acceptors (Lipinski definition) is 7. The molecule has 1 aromatic heterocycles. The quantitative estimate of drug-likeness (QED) is 0.608. The summed E-state index contributed by atoms with van der Waals surface area (Å²) in [5.74, 6) is -0.416. The molecule has 11 heteroatoms. The van der Waals surface area contributed by atoms with Crippen molar-refractivity contribution < 1.29 is 27.3 Å². The minimum Gasteiger partial charge on any atom is -0.404 e. The molecule has 9 nitrogen and oxygen atoms in total. The highest BCUT2D eigenvalue weighted by Gasteiger charge is 2.36. The van der Waals surface area contributed by atoms with Crippen molar-refractivity contribution in [1.29, 1.82) is 0 Å². The standard InChI is InChI=1S/C17H16FN2O7P/c1-10-7-20(17(22)19-16(10)21)15-6-5-11(26-15)8-24-28(23)25-9-12-13(18)3-2-4-14(12)27-28/h2-7,11,15H,8-9H2,1H3,(H,19,21,22)/t11-,15+,28?/m0/s1. The van der Waals surface area contributed by atoms with Crippen LogP contribution in [-0.4, -0.2) is 22.3 Å². The van der Waals surface area contributed by atoms with Gasteiger partial charge in [-0.15, -0.1) is 0 Å². The number of H-pyrrole nitrogens is 1. The van der Waals surface area contributed by atoms with E-state index in [1.54, 1.807) is 19.1 Å². The molecule has 0 bridgehead atoms. The SMILES string of the molecule is Cc1cn([C@H]2C=C[C@@H](COP3(=O)OCc4c(F)cccc4O3)O2)c(=O)[nH]c1=O. The molecule has 0 aliphatic carbocycles. The summed E-state index contributed by atoms with van der Waals surface area (Å²) < 4.78 is 48.7. The van der Waals surface area contributed by atoms with Crippen molar-refractivity contribution in [2.45, 2.75) is 25.9 Å². The maximum absolute atomic E-state index is 13.7. The Kier molecular flexibility index (Phi) is 4.80. The number of aromatic nitrogens is 2. The van der Waals surface area contributed by atoms with Crippen molar-refractivity contribution in [2.75, 3.05) is 6.61 Å². The predicted octanol–water partition coefficient (Wildman–Crippen LogP) is 2.17. The number of ether oxygens (including phenoxy) is 1. The van der Waals surface area contributed by atoms with Gasteiger partial charge in [0.05, 0.1) is 18.8 Å². The first kappa shape index (κ1) is 18.8. The van der Waals surface area contributed by atoms with Crippen LogP contribution in [0.1, 0.15) is 17.4 Å². The molecule has 0 saturated carbocycles. The lowest BCUT2D eigenvalue weighted by Crippen LogP contribution is -2.33. The van der Waals surface area contributed by atoms with Crippen LogP contribution in [0.3, 0.4) is 0 Å². The highest BCUT2D eigenvalue weighted by Crippen LogP contribution is 2.54. The Morgan fingerprint density at radius 3 is 3.00 bits per heavy atom. The lowest BCUT2D eigenvalue weighted by molar-refractivity contribution is -0.0131. The number of fused-ring (bicyclic) bond motifs is 1. The van der Waals surface area contributed by atoms with Crippen LogP contribution in [0.4, 0.5) is 4.39 Å². The summed E-state index contributed by atoms with van der Waals surface area (Å²) in [5, 5.41) is 0. The van der Waals surface area contributed by atoms with E-state index in [0.717, 1.165) is 0 Å². The van der Waals surface area contributed by atoms with Gasteiger partial charge in [0.2, 0.25) is 0 Å². The number of aromatic amines is 1. The maximum atomic E-state index is 13.7. The van der Waals surface area contributed by atoms with Crippen molar-refractivity contribution in [3.8, 4) is 5.75 Å². The normalized spacial score (nSPS) is 26.1. The number of phosphoric acid groups is 1. The molecule has 3 atom stereocenters. The number of aryl methyl sites for hydroxylation is 1. The van der Waals surface area contributed by atoms with E-state index in [1.807, 2.05) is 0 Å². The first-order valence-electron chi connectivity index (χ1n) is 8.36. The van der Waals surface area contributed by atoms with Gasteiger partial charge >= 0.3 is 13.5 Å². The Labute approximate surface area is 157 Å². The number of halogens is 1. The Balaban J connectivity index is 1.40. The van der Waals surface area contributed by atoms with E-state index < -0.39 is 37.2 Å². The fourth-order valence-electron chi connectivity index (χ4n) is 2.80. The van der Waals surface area contributed by atoms with E-state index in [2.05, 4.69) is 4.98 Å². The molecular formula is C17H16FN2O7P. The molecule has 148 valence electrons. The van der Waals surface area contributed by atoms with Crippen LogP contribution >= 0.6 is 7.82 Å². The Morgan fingerprint density at radius 2 is 2.18 bits per heavy atom. The summed E-state index contributed by atoms with van der Waals surface area (Å²) in [7, 11) is -3.93. The third-order valence-corrected chi connectivity index (χ3v) is 5.61. The smallest absolute Gasteiger partial charge is 0.404 e. The van der Waals surface area contributed by atoms with Crippen LogP contribution in [0.25, 0.3) is 0 Å². The predicted molar refractivity (Wildman–Crippen MR) is 94.5 cm³/mol. The van der Waals surface area contributed by atoms with Crippen molar-refractivity contribution in [2.24, 2.45) is 0 Å². The van der Waals surface area contributed by atoms with Gasteiger partial charge in [0, 0.05) is 11.8 Å². The molecule has 2 aromatic rings. The largest absolute Gasteiger partial charge is 0.530 e. The molecule has 2 aliphatic rings. The fraction of sp³-hybridized carbons (Fsp3) is 0.294. The van der Waals surface area contributed by atoms with Crippen molar-refractivity contribution in [3.63, 3.8) is 0 Å². The number of rotatable bonds is 4. The molecule has 1 N–H and O–H groups in total. The van der Waals surface area contributed by atoms with E-state index in [-0.39, 0.29) is 24.5 Å². The molecule has 0 fully saturated rings. The van der Waals surface area contributed by atoms with E-state index in [1.165, 1.54) is 29.0 Å².